The zero-order valence-electron chi connectivity index (χ0n) is 15.6. The van der Waals surface area contributed by atoms with E-state index in [9.17, 15) is 9.59 Å². The zero-order chi connectivity index (χ0) is 19.8. The molecule has 0 saturated carbocycles. The summed E-state index contributed by atoms with van der Waals surface area (Å²) < 4.78 is 11.1. The number of amides is 1. The molecule has 0 bridgehead atoms. The highest BCUT2D eigenvalue weighted by molar-refractivity contribution is 5.94. The first-order chi connectivity index (χ1) is 12.9. The number of carboxylic acids is 1. The first-order valence-corrected chi connectivity index (χ1v) is 8.47. The lowest BCUT2D eigenvalue weighted by Crippen LogP contribution is -2.37. The Morgan fingerprint density at radius 3 is 2.52 bits per heavy atom. The highest BCUT2D eigenvalue weighted by atomic mass is 16.5. The number of hydrogen-bond donors (Lipinski definition) is 2. The van der Waals surface area contributed by atoms with E-state index in [2.05, 4.69) is 5.32 Å². The van der Waals surface area contributed by atoms with Gasteiger partial charge in [0.1, 0.15) is 24.1 Å². The van der Waals surface area contributed by atoms with Crippen LogP contribution in [-0.4, -0.2) is 30.1 Å². The van der Waals surface area contributed by atoms with E-state index in [0.717, 1.165) is 22.4 Å². The van der Waals surface area contributed by atoms with Crippen LogP contribution in [0.1, 0.15) is 23.6 Å². The highest BCUT2D eigenvalue weighted by Crippen LogP contribution is 2.21. The highest BCUT2D eigenvalue weighted by Gasteiger charge is 2.11. The molecule has 1 atom stereocenters. The summed E-state index contributed by atoms with van der Waals surface area (Å²) in [5.74, 6) is -0.00860. The first-order valence-electron chi connectivity index (χ1n) is 8.47. The van der Waals surface area contributed by atoms with Gasteiger partial charge in [0.2, 0.25) is 5.91 Å². The van der Waals surface area contributed by atoms with E-state index in [1.54, 1.807) is 13.2 Å². The van der Waals surface area contributed by atoms with Crippen LogP contribution >= 0.6 is 0 Å². The molecule has 0 saturated heterocycles. The zero-order valence-corrected chi connectivity index (χ0v) is 15.6. The molecule has 2 rings (SSSR count). The predicted octanol–water partition coefficient (Wildman–Crippen LogP) is 3.19. The van der Waals surface area contributed by atoms with Gasteiger partial charge in [-0.1, -0.05) is 24.3 Å². The van der Waals surface area contributed by atoms with E-state index in [0.29, 0.717) is 12.4 Å². The Morgan fingerprint density at radius 2 is 1.89 bits per heavy atom. The molecule has 0 aliphatic rings. The van der Waals surface area contributed by atoms with E-state index in [4.69, 9.17) is 14.6 Å². The van der Waals surface area contributed by atoms with Crippen molar-refractivity contribution in [2.24, 2.45) is 0 Å². The molecule has 0 fully saturated rings. The van der Waals surface area contributed by atoms with E-state index in [-0.39, 0.29) is 0 Å². The molecule has 2 N–H and O–H groups in total. The van der Waals surface area contributed by atoms with Gasteiger partial charge in [0, 0.05) is 6.08 Å². The average molecular weight is 369 g/mol. The third-order valence-electron chi connectivity index (χ3n) is 3.91. The van der Waals surface area contributed by atoms with Gasteiger partial charge in [0.25, 0.3) is 0 Å². The summed E-state index contributed by atoms with van der Waals surface area (Å²) >= 11 is 0. The molecule has 0 aliphatic heterocycles. The molecule has 0 unspecified atom stereocenters. The van der Waals surface area contributed by atoms with Gasteiger partial charge in [-0.15, -0.1) is 0 Å². The van der Waals surface area contributed by atoms with Crippen molar-refractivity contribution in [1.82, 2.24) is 5.32 Å². The molecule has 142 valence electrons. The van der Waals surface area contributed by atoms with Gasteiger partial charge >= 0.3 is 5.97 Å². The van der Waals surface area contributed by atoms with Crippen molar-refractivity contribution in [2.75, 3.05) is 7.11 Å². The molecule has 0 heterocycles. The fourth-order valence-corrected chi connectivity index (χ4v) is 2.29. The molecular weight excluding hydrogens is 346 g/mol. The van der Waals surface area contributed by atoms with Gasteiger partial charge in [-0.05, 0) is 54.8 Å². The third-order valence-corrected chi connectivity index (χ3v) is 3.91. The van der Waals surface area contributed by atoms with Crippen LogP contribution in [0.25, 0.3) is 6.08 Å². The second-order valence-corrected chi connectivity index (χ2v) is 6.06. The Bertz CT molecular complexity index is 827. The molecule has 6 nitrogen and oxygen atoms in total. The fraction of sp³-hybridized carbons (Fsp3) is 0.238. The topological polar surface area (TPSA) is 84.9 Å². The van der Waals surface area contributed by atoms with Crippen LogP contribution in [0.5, 0.6) is 11.5 Å². The van der Waals surface area contributed by atoms with Crippen molar-refractivity contribution in [3.05, 3.63) is 65.2 Å². The van der Waals surface area contributed by atoms with E-state index < -0.39 is 17.9 Å². The Balaban J connectivity index is 1.90. The summed E-state index contributed by atoms with van der Waals surface area (Å²) in [4.78, 5) is 22.3. The first kappa shape index (κ1) is 20.0. The molecule has 0 aliphatic carbocycles. The lowest BCUT2D eigenvalue weighted by molar-refractivity contribution is -0.140. The fourth-order valence-electron chi connectivity index (χ4n) is 2.29. The minimum atomic E-state index is -1.08. The van der Waals surface area contributed by atoms with E-state index >= 15 is 0 Å². The standard InChI is InChI=1S/C21H23NO5/c1-14-4-5-17(12-19(14)26-3)13-27-18-9-6-16(7-10-18)8-11-20(23)22-15(2)21(24)25/h4-12,15H,13H2,1-3H3,(H,22,23)(H,24,25)/b11-8+/t15-/m0/s1. The van der Waals surface area contributed by atoms with Crippen LogP contribution in [-0.2, 0) is 16.2 Å². The van der Waals surface area contributed by atoms with Crippen LogP contribution in [0.15, 0.2) is 48.5 Å². The van der Waals surface area contributed by atoms with Crippen molar-refractivity contribution >= 4 is 18.0 Å². The van der Waals surface area contributed by atoms with Crippen LogP contribution in [0.3, 0.4) is 0 Å². The summed E-state index contributed by atoms with van der Waals surface area (Å²) in [6.07, 6.45) is 2.91. The Hall–Kier alpha value is -3.28. The maximum Gasteiger partial charge on any atom is 0.325 e. The summed E-state index contributed by atoms with van der Waals surface area (Å²) in [5.41, 5.74) is 2.88. The molecule has 2 aromatic carbocycles. The van der Waals surface area contributed by atoms with Crippen LogP contribution in [0.4, 0.5) is 0 Å². The van der Waals surface area contributed by atoms with E-state index in [1.165, 1.54) is 13.0 Å². The lowest BCUT2D eigenvalue weighted by Gasteiger charge is -2.09. The summed E-state index contributed by atoms with van der Waals surface area (Å²) in [7, 11) is 1.64. The smallest absolute Gasteiger partial charge is 0.325 e. The molecule has 0 radical (unpaired) electrons. The number of nitrogens with one attached hydrogen (secondary N) is 1. The van der Waals surface area contributed by atoms with Crippen LogP contribution in [0.2, 0.25) is 0 Å². The quantitative estimate of drug-likeness (QED) is 0.698. The van der Waals surface area contributed by atoms with Gasteiger partial charge in [-0.3, -0.25) is 9.59 Å². The van der Waals surface area contributed by atoms with Crippen molar-refractivity contribution in [1.29, 1.82) is 0 Å². The minimum Gasteiger partial charge on any atom is -0.496 e. The summed E-state index contributed by atoms with van der Waals surface area (Å²) in [5, 5.41) is 11.1. The number of ether oxygens (including phenoxy) is 2. The number of carboxylic acid groups (broad SMARTS) is 1. The molecule has 2 aromatic rings. The molecule has 0 spiro atoms. The Kier molecular flexibility index (Phi) is 7.00. The largest absolute Gasteiger partial charge is 0.496 e. The molecular formula is C21H23NO5. The van der Waals surface area contributed by atoms with Crippen molar-refractivity contribution < 1.29 is 24.2 Å². The number of aliphatic carboxylic acids is 1. The predicted molar refractivity (Wildman–Crippen MR) is 103 cm³/mol. The number of hydrogen-bond acceptors (Lipinski definition) is 4. The average Bonchev–Trinajstić information content (AvgIpc) is 2.66. The normalized spacial score (nSPS) is 11.8. The maximum absolute atomic E-state index is 11.6. The second-order valence-electron chi connectivity index (χ2n) is 6.06. The number of carbonyl (C=O) groups is 2. The Morgan fingerprint density at radius 1 is 1.19 bits per heavy atom. The second kappa shape index (κ2) is 9.43. The number of methoxy groups -OCH3 is 1. The summed E-state index contributed by atoms with van der Waals surface area (Å²) in [6.45, 7) is 3.81. The van der Waals surface area contributed by atoms with Crippen LogP contribution in [0, 0.1) is 6.92 Å². The maximum atomic E-state index is 11.6. The molecule has 1 amide bonds. The molecule has 27 heavy (non-hydrogen) atoms. The SMILES string of the molecule is COc1cc(COc2ccc(/C=C/C(=O)N[C@@H](C)C(=O)O)cc2)ccc1C. The van der Waals surface area contributed by atoms with Gasteiger partial charge in [0.15, 0.2) is 0 Å². The van der Waals surface area contributed by atoms with Gasteiger partial charge in [-0.2, -0.15) is 0 Å². The third kappa shape index (κ3) is 6.18. The van der Waals surface area contributed by atoms with Gasteiger partial charge in [-0.25, -0.2) is 0 Å². The van der Waals surface area contributed by atoms with Crippen molar-refractivity contribution in [3.63, 3.8) is 0 Å². The van der Waals surface area contributed by atoms with E-state index in [1.807, 2.05) is 49.4 Å². The number of benzene rings is 2. The van der Waals surface area contributed by atoms with Crippen LogP contribution < -0.4 is 14.8 Å². The van der Waals surface area contributed by atoms with Gasteiger partial charge in [0.05, 0.1) is 7.11 Å². The number of aryl methyl sites for hydroxylation is 1. The van der Waals surface area contributed by atoms with Crippen molar-refractivity contribution in [2.45, 2.75) is 26.5 Å². The summed E-state index contributed by atoms with van der Waals surface area (Å²) in [6, 6.07) is 12.2. The lowest BCUT2D eigenvalue weighted by atomic mass is 10.1. The Labute approximate surface area is 158 Å². The molecule has 6 heteroatoms. The number of rotatable bonds is 8. The van der Waals surface area contributed by atoms with Crippen molar-refractivity contribution in [3.8, 4) is 11.5 Å². The minimum absolute atomic E-state index is 0.418. The van der Waals surface area contributed by atoms with Gasteiger partial charge < -0.3 is 19.9 Å². The number of carbonyl (C=O) groups excluding carboxylic acids is 1. The molecule has 0 aromatic heterocycles. The monoisotopic (exact) mass is 369 g/mol.